The van der Waals surface area contributed by atoms with Crippen molar-refractivity contribution in [2.45, 2.75) is 13.8 Å². The van der Waals surface area contributed by atoms with Crippen LogP contribution in [-0.4, -0.2) is 21.5 Å². The number of carbonyl (C=O) groups is 2. The van der Waals surface area contributed by atoms with Gasteiger partial charge >= 0.3 is 5.97 Å². The van der Waals surface area contributed by atoms with E-state index in [1.807, 2.05) is 19.1 Å². The molecule has 0 aliphatic rings. The SMILES string of the molecule is Cc1ccccc1C(C(=O)Oc1c(C(=O)c2ccc(Cl)cc2Cl)c(C)nn1C)=C(Cl)Cl. The zero-order valence-corrected chi connectivity index (χ0v) is 19.7. The molecule has 1 heterocycles. The van der Waals surface area contributed by atoms with Gasteiger partial charge in [0.2, 0.25) is 11.7 Å². The van der Waals surface area contributed by atoms with E-state index in [2.05, 4.69) is 5.10 Å². The molecule has 2 aromatic carbocycles. The minimum atomic E-state index is -0.825. The fraction of sp³-hybridized carbons (Fsp3) is 0.136. The van der Waals surface area contributed by atoms with Crippen LogP contribution >= 0.6 is 46.4 Å². The number of benzene rings is 2. The first-order valence-corrected chi connectivity index (χ1v) is 10.5. The molecule has 3 rings (SSSR count). The number of rotatable bonds is 5. The number of hydrogen-bond donors (Lipinski definition) is 0. The summed E-state index contributed by atoms with van der Waals surface area (Å²) >= 11 is 24.2. The van der Waals surface area contributed by atoms with Gasteiger partial charge < -0.3 is 4.74 Å². The first kappa shape index (κ1) is 23.4. The number of ketones is 1. The van der Waals surface area contributed by atoms with Gasteiger partial charge in [-0.15, -0.1) is 0 Å². The van der Waals surface area contributed by atoms with Crippen molar-refractivity contribution in [3.8, 4) is 5.88 Å². The van der Waals surface area contributed by atoms with Gasteiger partial charge in [0.1, 0.15) is 10.1 Å². The molecule has 160 valence electrons. The topological polar surface area (TPSA) is 61.2 Å². The van der Waals surface area contributed by atoms with E-state index in [-0.39, 0.29) is 32.1 Å². The number of ether oxygens (including phenoxy) is 1. The molecule has 0 unspecified atom stereocenters. The van der Waals surface area contributed by atoms with Crippen molar-refractivity contribution in [2.24, 2.45) is 7.05 Å². The van der Waals surface area contributed by atoms with Gasteiger partial charge in [-0.05, 0) is 43.2 Å². The van der Waals surface area contributed by atoms with Crippen molar-refractivity contribution in [2.75, 3.05) is 0 Å². The van der Waals surface area contributed by atoms with Crippen molar-refractivity contribution in [3.05, 3.63) is 84.9 Å². The van der Waals surface area contributed by atoms with E-state index in [0.717, 1.165) is 5.56 Å². The number of carbonyl (C=O) groups excluding carboxylic acids is 2. The Bertz CT molecular complexity index is 1230. The second kappa shape index (κ2) is 9.45. The monoisotopic (exact) mass is 496 g/mol. The summed E-state index contributed by atoms with van der Waals surface area (Å²) in [6.45, 7) is 3.44. The van der Waals surface area contributed by atoms with E-state index in [1.165, 1.54) is 16.8 Å². The van der Waals surface area contributed by atoms with Crippen LogP contribution in [0.15, 0.2) is 47.0 Å². The standard InChI is InChI=1S/C22H16Cl4N2O3/c1-11-6-4-5-7-14(11)18(20(25)26)22(30)31-21-17(12(2)27-28(21)3)19(29)15-9-8-13(23)10-16(15)24/h4-10H,1-3H3. The fourth-order valence-corrected chi connectivity index (χ4v) is 3.96. The molecule has 0 amide bonds. The molecular formula is C22H16Cl4N2O3. The van der Waals surface area contributed by atoms with Crippen LogP contribution in [0.5, 0.6) is 5.88 Å². The Balaban J connectivity index is 2.05. The van der Waals surface area contributed by atoms with Crippen LogP contribution in [-0.2, 0) is 11.8 Å². The molecule has 0 bridgehead atoms. The van der Waals surface area contributed by atoms with Crippen molar-refractivity contribution >= 4 is 63.7 Å². The predicted molar refractivity (Wildman–Crippen MR) is 123 cm³/mol. The van der Waals surface area contributed by atoms with Crippen molar-refractivity contribution in [1.29, 1.82) is 0 Å². The third-order valence-electron chi connectivity index (χ3n) is 4.57. The summed E-state index contributed by atoms with van der Waals surface area (Å²) in [7, 11) is 1.55. The van der Waals surface area contributed by atoms with E-state index in [4.69, 9.17) is 51.1 Å². The third-order valence-corrected chi connectivity index (χ3v) is 5.50. The summed E-state index contributed by atoms with van der Waals surface area (Å²) in [5.41, 5.74) is 1.92. The number of aryl methyl sites for hydroxylation is 3. The van der Waals surface area contributed by atoms with E-state index in [0.29, 0.717) is 16.3 Å². The van der Waals surface area contributed by atoms with Crippen LogP contribution in [0.25, 0.3) is 5.57 Å². The molecule has 0 fully saturated rings. The van der Waals surface area contributed by atoms with E-state index >= 15 is 0 Å². The van der Waals surface area contributed by atoms with Crippen LogP contribution in [0.4, 0.5) is 0 Å². The molecule has 0 atom stereocenters. The molecule has 0 N–H and O–H groups in total. The number of esters is 1. The highest BCUT2D eigenvalue weighted by molar-refractivity contribution is 6.61. The first-order chi connectivity index (χ1) is 14.6. The van der Waals surface area contributed by atoms with Crippen LogP contribution in [0.2, 0.25) is 10.0 Å². The van der Waals surface area contributed by atoms with Gasteiger partial charge in [-0.25, -0.2) is 9.48 Å². The van der Waals surface area contributed by atoms with Gasteiger partial charge in [0, 0.05) is 17.6 Å². The molecule has 31 heavy (non-hydrogen) atoms. The van der Waals surface area contributed by atoms with Crippen LogP contribution in [0, 0.1) is 13.8 Å². The minimum absolute atomic E-state index is 0.0248. The van der Waals surface area contributed by atoms with E-state index in [9.17, 15) is 9.59 Å². The van der Waals surface area contributed by atoms with E-state index in [1.54, 1.807) is 32.2 Å². The first-order valence-electron chi connectivity index (χ1n) is 8.98. The Morgan fingerprint density at radius 3 is 2.29 bits per heavy atom. The molecule has 1 aromatic heterocycles. The molecule has 0 aliphatic carbocycles. The summed E-state index contributed by atoms with van der Waals surface area (Å²) in [6, 6.07) is 11.6. The zero-order valence-electron chi connectivity index (χ0n) is 16.7. The van der Waals surface area contributed by atoms with Crippen molar-refractivity contribution in [3.63, 3.8) is 0 Å². The Morgan fingerprint density at radius 1 is 1.00 bits per heavy atom. The summed E-state index contributed by atoms with van der Waals surface area (Å²) < 4.78 is 6.62. The number of aromatic nitrogens is 2. The predicted octanol–water partition coefficient (Wildman–Crippen LogP) is 6.33. The van der Waals surface area contributed by atoms with Gasteiger partial charge in [-0.3, -0.25) is 4.79 Å². The van der Waals surface area contributed by atoms with Crippen LogP contribution < -0.4 is 4.74 Å². The maximum Gasteiger partial charge on any atom is 0.347 e. The van der Waals surface area contributed by atoms with Crippen molar-refractivity contribution in [1.82, 2.24) is 9.78 Å². The average molecular weight is 498 g/mol. The average Bonchev–Trinajstić information content (AvgIpc) is 2.96. The summed E-state index contributed by atoms with van der Waals surface area (Å²) in [5.74, 6) is -1.35. The second-order valence-electron chi connectivity index (χ2n) is 6.68. The fourth-order valence-electron chi connectivity index (χ4n) is 3.10. The molecule has 0 saturated carbocycles. The lowest BCUT2D eigenvalue weighted by atomic mass is 10.0. The molecule has 5 nitrogen and oxygen atoms in total. The zero-order chi connectivity index (χ0) is 22.9. The van der Waals surface area contributed by atoms with E-state index < -0.39 is 11.8 Å². The maximum atomic E-state index is 13.2. The summed E-state index contributed by atoms with van der Waals surface area (Å²) in [5, 5.41) is 4.78. The minimum Gasteiger partial charge on any atom is -0.403 e. The molecule has 0 spiro atoms. The molecule has 0 saturated heterocycles. The molecule has 0 aliphatic heterocycles. The second-order valence-corrected chi connectivity index (χ2v) is 8.48. The largest absolute Gasteiger partial charge is 0.403 e. The number of hydrogen-bond acceptors (Lipinski definition) is 4. The van der Waals surface area contributed by atoms with Crippen LogP contribution in [0.1, 0.15) is 32.7 Å². The number of nitrogens with zero attached hydrogens (tertiary/aromatic N) is 2. The van der Waals surface area contributed by atoms with Gasteiger partial charge in [-0.2, -0.15) is 5.10 Å². The van der Waals surface area contributed by atoms with Gasteiger partial charge in [0.25, 0.3) is 0 Å². The van der Waals surface area contributed by atoms with Gasteiger partial charge in [0.05, 0.1) is 16.3 Å². The van der Waals surface area contributed by atoms with Gasteiger partial charge in [0.15, 0.2) is 0 Å². The summed E-state index contributed by atoms with van der Waals surface area (Å²) in [6.07, 6.45) is 0. The molecule has 0 radical (unpaired) electrons. The molecule has 3 aromatic rings. The summed E-state index contributed by atoms with van der Waals surface area (Å²) in [4.78, 5) is 26.3. The molecule has 9 heteroatoms. The lowest BCUT2D eigenvalue weighted by Crippen LogP contribution is -2.16. The lowest BCUT2D eigenvalue weighted by molar-refractivity contribution is -0.128. The van der Waals surface area contributed by atoms with Crippen molar-refractivity contribution < 1.29 is 14.3 Å². The Morgan fingerprint density at radius 2 is 1.68 bits per heavy atom. The highest BCUT2D eigenvalue weighted by Gasteiger charge is 2.28. The smallest absolute Gasteiger partial charge is 0.347 e. The Kier molecular flexibility index (Phi) is 7.12. The number of halogens is 4. The Labute approximate surface area is 199 Å². The lowest BCUT2D eigenvalue weighted by Gasteiger charge is -2.12. The highest BCUT2D eigenvalue weighted by Crippen LogP contribution is 2.32. The quantitative estimate of drug-likeness (QED) is 0.235. The Hall–Kier alpha value is -2.31. The van der Waals surface area contributed by atoms with Gasteiger partial charge in [-0.1, -0.05) is 70.7 Å². The molecular weight excluding hydrogens is 482 g/mol. The normalized spacial score (nSPS) is 10.7. The highest BCUT2D eigenvalue weighted by atomic mass is 35.5. The third kappa shape index (κ3) is 4.80. The maximum absolute atomic E-state index is 13.2. The van der Waals surface area contributed by atoms with Crippen LogP contribution in [0.3, 0.4) is 0 Å².